The molecule has 4 heterocycles. The number of piperidine rings is 2. The molecule has 30 heavy (non-hydrogen) atoms. The number of imidazole rings is 1. The van der Waals surface area contributed by atoms with E-state index in [-0.39, 0.29) is 23.8 Å². The summed E-state index contributed by atoms with van der Waals surface area (Å²) in [6.45, 7) is 2.16. The molecule has 1 aromatic carbocycles. The molecular formula is C21H23FN6O2. The molecule has 8 nitrogen and oxygen atoms in total. The molecule has 5 rings (SSSR count). The third-order valence-corrected chi connectivity index (χ3v) is 5.91. The summed E-state index contributed by atoms with van der Waals surface area (Å²) in [6, 6.07) is 5.32. The first-order valence-electron chi connectivity index (χ1n) is 10.1. The fourth-order valence-electron chi connectivity index (χ4n) is 4.51. The number of benzene rings is 1. The Morgan fingerprint density at radius 1 is 1.23 bits per heavy atom. The van der Waals surface area contributed by atoms with Gasteiger partial charge in [0.15, 0.2) is 6.17 Å². The van der Waals surface area contributed by atoms with Crippen molar-refractivity contribution in [2.75, 3.05) is 0 Å². The molecule has 0 radical (unpaired) electrons. The van der Waals surface area contributed by atoms with Crippen LogP contribution in [0.1, 0.15) is 26.2 Å². The monoisotopic (exact) mass is 410 g/mol. The Hall–Kier alpha value is -3.07. The van der Waals surface area contributed by atoms with Crippen LogP contribution >= 0.6 is 0 Å². The van der Waals surface area contributed by atoms with E-state index in [0.29, 0.717) is 23.6 Å². The average Bonchev–Trinajstić information content (AvgIpc) is 3.27. The van der Waals surface area contributed by atoms with E-state index in [9.17, 15) is 9.50 Å². The standard InChI is InChI=1S/C21H23FN6O2/c1-12-6-13-8-19(20(22)16(7-12)25-13)30-21-24-10-17(26-27-21)15-3-2-14(9-18(15)29)28-5-4-23-11-28/h2-5,9-13,16,19-20,25,29H,6-8H2,1H3/t12?,13-,16+,19-,20-/m0/s1. The van der Waals surface area contributed by atoms with Gasteiger partial charge < -0.3 is 19.7 Å². The Morgan fingerprint density at radius 3 is 2.87 bits per heavy atom. The van der Waals surface area contributed by atoms with Gasteiger partial charge in [0.05, 0.1) is 18.2 Å². The van der Waals surface area contributed by atoms with E-state index in [0.717, 1.165) is 18.5 Å². The maximum atomic E-state index is 14.8. The van der Waals surface area contributed by atoms with Crippen LogP contribution in [-0.4, -0.2) is 54.2 Å². The largest absolute Gasteiger partial charge is 0.507 e. The van der Waals surface area contributed by atoms with Crippen molar-refractivity contribution in [1.82, 2.24) is 30.0 Å². The van der Waals surface area contributed by atoms with Crippen molar-refractivity contribution in [3.8, 4) is 28.7 Å². The molecule has 2 fully saturated rings. The van der Waals surface area contributed by atoms with Crippen LogP contribution in [0.2, 0.25) is 0 Å². The van der Waals surface area contributed by atoms with Crippen LogP contribution < -0.4 is 10.1 Å². The highest BCUT2D eigenvalue weighted by Crippen LogP contribution is 2.33. The molecule has 2 aliphatic heterocycles. The molecule has 3 aromatic rings. The highest BCUT2D eigenvalue weighted by molar-refractivity contribution is 5.67. The molecule has 0 aliphatic carbocycles. The first-order valence-corrected chi connectivity index (χ1v) is 10.1. The summed E-state index contributed by atoms with van der Waals surface area (Å²) >= 11 is 0. The summed E-state index contributed by atoms with van der Waals surface area (Å²) < 4.78 is 22.4. The van der Waals surface area contributed by atoms with E-state index in [1.165, 1.54) is 6.20 Å². The minimum Gasteiger partial charge on any atom is -0.507 e. The predicted octanol–water partition coefficient (Wildman–Crippen LogP) is 2.68. The smallest absolute Gasteiger partial charge is 0.336 e. The molecule has 0 amide bonds. The lowest BCUT2D eigenvalue weighted by molar-refractivity contribution is -0.00596. The number of phenolic OH excluding ortho intramolecular Hbond substituents is 1. The van der Waals surface area contributed by atoms with Crippen molar-refractivity contribution in [3.63, 3.8) is 0 Å². The van der Waals surface area contributed by atoms with Gasteiger partial charge in [0.25, 0.3) is 0 Å². The van der Waals surface area contributed by atoms with Gasteiger partial charge in [0, 0.05) is 42.5 Å². The first-order chi connectivity index (χ1) is 14.6. The maximum Gasteiger partial charge on any atom is 0.336 e. The lowest BCUT2D eigenvalue weighted by Crippen LogP contribution is -2.60. The summed E-state index contributed by atoms with van der Waals surface area (Å²) in [5.41, 5.74) is 1.68. The minimum atomic E-state index is -1.10. The molecule has 156 valence electrons. The van der Waals surface area contributed by atoms with E-state index in [2.05, 4.69) is 32.4 Å². The Bertz CT molecular complexity index is 1010. The Balaban J connectivity index is 1.30. The van der Waals surface area contributed by atoms with Crippen molar-refractivity contribution >= 4 is 0 Å². The fourth-order valence-corrected chi connectivity index (χ4v) is 4.51. The van der Waals surface area contributed by atoms with Crippen molar-refractivity contribution in [2.45, 2.75) is 50.5 Å². The van der Waals surface area contributed by atoms with Gasteiger partial charge >= 0.3 is 6.01 Å². The van der Waals surface area contributed by atoms with Crippen LogP contribution in [0, 0.1) is 5.92 Å². The molecule has 2 bridgehead atoms. The van der Waals surface area contributed by atoms with Crippen molar-refractivity contribution in [2.24, 2.45) is 5.92 Å². The van der Waals surface area contributed by atoms with E-state index >= 15 is 0 Å². The second-order valence-electron chi connectivity index (χ2n) is 8.18. The summed E-state index contributed by atoms with van der Waals surface area (Å²) in [5.74, 6) is 0.570. The highest BCUT2D eigenvalue weighted by atomic mass is 19.1. The quantitative estimate of drug-likeness (QED) is 0.682. The third-order valence-electron chi connectivity index (χ3n) is 5.91. The highest BCUT2D eigenvalue weighted by Gasteiger charge is 2.43. The zero-order chi connectivity index (χ0) is 20.7. The number of fused-ring (bicyclic) bond motifs is 2. The number of nitrogens with one attached hydrogen (secondary N) is 1. The number of ether oxygens (including phenoxy) is 1. The zero-order valence-electron chi connectivity index (χ0n) is 16.5. The summed E-state index contributed by atoms with van der Waals surface area (Å²) in [7, 11) is 0. The van der Waals surface area contributed by atoms with Crippen LogP contribution in [0.15, 0.2) is 43.1 Å². The molecule has 2 aromatic heterocycles. The number of alkyl halides is 1. The predicted molar refractivity (Wildman–Crippen MR) is 107 cm³/mol. The van der Waals surface area contributed by atoms with Crippen LogP contribution in [0.5, 0.6) is 11.8 Å². The number of aromatic nitrogens is 5. The topological polar surface area (TPSA) is 98.0 Å². The molecule has 9 heteroatoms. The van der Waals surface area contributed by atoms with E-state index in [1.807, 2.05) is 6.07 Å². The molecule has 5 atom stereocenters. The first kappa shape index (κ1) is 18.9. The lowest BCUT2D eigenvalue weighted by Gasteiger charge is -2.44. The van der Waals surface area contributed by atoms with E-state index in [1.54, 1.807) is 35.4 Å². The van der Waals surface area contributed by atoms with Gasteiger partial charge in [-0.2, -0.15) is 0 Å². The maximum absolute atomic E-state index is 14.8. The normalized spacial score (nSPS) is 28.3. The fraction of sp³-hybridized carbons (Fsp3) is 0.429. The number of aromatic hydroxyl groups is 1. The summed E-state index contributed by atoms with van der Waals surface area (Å²) in [5, 5.41) is 21.9. The van der Waals surface area contributed by atoms with Crippen LogP contribution in [0.25, 0.3) is 16.9 Å². The Kier molecular flexibility index (Phi) is 4.82. The number of phenols is 1. The van der Waals surface area contributed by atoms with Gasteiger partial charge in [-0.3, -0.25) is 0 Å². The van der Waals surface area contributed by atoms with Gasteiger partial charge in [0.1, 0.15) is 17.5 Å². The average molecular weight is 410 g/mol. The summed E-state index contributed by atoms with van der Waals surface area (Å²) in [6.07, 6.45) is 7.31. The van der Waals surface area contributed by atoms with E-state index in [4.69, 9.17) is 4.74 Å². The molecule has 2 saturated heterocycles. The van der Waals surface area contributed by atoms with Gasteiger partial charge in [-0.1, -0.05) is 12.0 Å². The van der Waals surface area contributed by atoms with Crippen molar-refractivity contribution in [3.05, 3.63) is 43.1 Å². The SMILES string of the molecule is CC1C[C@H]2C[C@H](Oc3ncc(-c4ccc(-n5ccnc5)cc4O)nn3)[C@@H](F)[C@@H](C1)N2. The zero-order valence-corrected chi connectivity index (χ0v) is 16.5. The van der Waals surface area contributed by atoms with Crippen molar-refractivity contribution < 1.29 is 14.2 Å². The minimum absolute atomic E-state index is 0.0500. The van der Waals surface area contributed by atoms with Crippen LogP contribution in [0.4, 0.5) is 4.39 Å². The second kappa shape index (κ2) is 7.64. The molecule has 2 N–H and O–H groups in total. The molecule has 0 saturated carbocycles. The van der Waals surface area contributed by atoms with Gasteiger partial charge in [-0.25, -0.2) is 14.4 Å². The number of nitrogens with zero attached hydrogens (tertiary/aromatic N) is 5. The number of hydrogen-bond donors (Lipinski definition) is 2. The Morgan fingerprint density at radius 2 is 2.13 bits per heavy atom. The number of hydrogen-bond acceptors (Lipinski definition) is 7. The lowest BCUT2D eigenvalue weighted by atomic mass is 9.79. The summed E-state index contributed by atoms with van der Waals surface area (Å²) in [4.78, 5) is 8.19. The van der Waals surface area contributed by atoms with Crippen LogP contribution in [-0.2, 0) is 0 Å². The molecule has 0 spiro atoms. The van der Waals surface area contributed by atoms with E-state index < -0.39 is 12.3 Å². The number of rotatable bonds is 4. The van der Waals surface area contributed by atoms with Gasteiger partial charge in [0.2, 0.25) is 0 Å². The van der Waals surface area contributed by atoms with Crippen molar-refractivity contribution in [1.29, 1.82) is 0 Å². The third kappa shape index (κ3) is 3.60. The van der Waals surface area contributed by atoms with Gasteiger partial charge in [-0.05, 0) is 30.9 Å². The molecular weight excluding hydrogens is 387 g/mol. The molecule has 1 unspecified atom stereocenters. The molecule has 2 aliphatic rings. The Labute approximate surface area is 173 Å². The number of halogens is 1. The second-order valence-corrected chi connectivity index (χ2v) is 8.18. The van der Waals surface area contributed by atoms with Gasteiger partial charge in [-0.15, -0.1) is 5.10 Å². The van der Waals surface area contributed by atoms with Crippen LogP contribution in [0.3, 0.4) is 0 Å².